The molecule has 0 unspecified atom stereocenters. The van der Waals surface area contributed by atoms with Crippen molar-refractivity contribution in [2.24, 2.45) is 0 Å². The van der Waals surface area contributed by atoms with E-state index >= 15 is 0 Å². The molecule has 0 N–H and O–H groups in total. The van der Waals surface area contributed by atoms with Crippen molar-refractivity contribution in [3.63, 3.8) is 0 Å². The van der Waals surface area contributed by atoms with E-state index in [4.69, 9.17) is 0 Å². The predicted octanol–water partition coefficient (Wildman–Crippen LogP) is 1.87. The molecule has 0 amide bonds. The topological polar surface area (TPSA) is 25.8 Å². The maximum absolute atomic E-state index is 4.21. The number of hydrogen-bond donors (Lipinski definition) is 0. The highest BCUT2D eigenvalue weighted by molar-refractivity contribution is 5.13. The van der Waals surface area contributed by atoms with Crippen LogP contribution in [0.4, 0.5) is 0 Å². The van der Waals surface area contributed by atoms with Gasteiger partial charge in [-0.25, -0.2) is 0 Å². The Morgan fingerprint density at radius 3 is 2.69 bits per heavy atom. The Labute approximate surface area is 77.3 Å². The van der Waals surface area contributed by atoms with Gasteiger partial charge in [-0.05, 0) is 18.2 Å². The average molecular weight is 169 g/mol. The van der Waals surface area contributed by atoms with Gasteiger partial charge in [0.05, 0.1) is 5.69 Å². The Kier molecular flexibility index (Phi) is 2.32. The normalized spacial score (nSPS) is 9.85. The maximum Gasteiger partial charge on any atom is 0.0542 e. The van der Waals surface area contributed by atoms with Gasteiger partial charge < -0.3 is 0 Å². The standard InChI is InChI=1S/C11H9N2/c1-3-7-12-10(5-1)9-11-6-2-4-8-13-11/h1-5,7-8H,9H2. The Morgan fingerprint density at radius 2 is 2.00 bits per heavy atom. The molecule has 0 aliphatic heterocycles. The number of hydrogen-bond acceptors (Lipinski definition) is 2. The summed E-state index contributed by atoms with van der Waals surface area (Å²) in [5.74, 6) is 0. The van der Waals surface area contributed by atoms with Crippen molar-refractivity contribution in [2.75, 3.05) is 0 Å². The van der Waals surface area contributed by atoms with E-state index in [1.165, 1.54) is 0 Å². The predicted molar refractivity (Wildman–Crippen MR) is 50.1 cm³/mol. The van der Waals surface area contributed by atoms with Crippen LogP contribution in [-0.4, -0.2) is 9.97 Å². The maximum atomic E-state index is 4.21. The molecule has 2 nitrogen and oxygen atoms in total. The minimum Gasteiger partial charge on any atom is -0.261 e. The van der Waals surface area contributed by atoms with E-state index in [2.05, 4.69) is 16.0 Å². The Hall–Kier alpha value is -1.70. The summed E-state index contributed by atoms with van der Waals surface area (Å²) in [6.07, 6.45) is 4.31. The fourth-order valence-corrected chi connectivity index (χ4v) is 1.13. The van der Waals surface area contributed by atoms with Gasteiger partial charge in [0, 0.05) is 30.6 Å². The van der Waals surface area contributed by atoms with Crippen LogP contribution in [0.5, 0.6) is 0 Å². The third kappa shape index (κ3) is 2.12. The summed E-state index contributed by atoms with van der Waals surface area (Å²) in [5, 5.41) is 0. The lowest BCUT2D eigenvalue weighted by Gasteiger charge is -1.97. The van der Waals surface area contributed by atoms with Gasteiger partial charge in [-0.1, -0.05) is 12.1 Å². The van der Waals surface area contributed by atoms with Crippen LogP contribution in [0.2, 0.25) is 0 Å². The summed E-state index contributed by atoms with van der Waals surface area (Å²) in [4.78, 5) is 8.39. The number of pyridine rings is 2. The van der Waals surface area contributed by atoms with Crippen LogP contribution < -0.4 is 0 Å². The molecule has 0 aliphatic carbocycles. The molecule has 63 valence electrons. The van der Waals surface area contributed by atoms with Gasteiger partial charge in [-0.15, -0.1) is 0 Å². The monoisotopic (exact) mass is 169 g/mol. The fourth-order valence-electron chi connectivity index (χ4n) is 1.13. The summed E-state index contributed by atoms with van der Waals surface area (Å²) in [7, 11) is 0. The lowest BCUT2D eigenvalue weighted by Crippen LogP contribution is -1.93. The molecule has 0 fully saturated rings. The van der Waals surface area contributed by atoms with Crippen molar-refractivity contribution < 1.29 is 0 Å². The molecule has 1 radical (unpaired) electrons. The van der Waals surface area contributed by atoms with E-state index in [9.17, 15) is 0 Å². The van der Waals surface area contributed by atoms with Crippen molar-refractivity contribution in [1.82, 2.24) is 9.97 Å². The quantitative estimate of drug-likeness (QED) is 0.685. The van der Waals surface area contributed by atoms with Crippen LogP contribution in [0.25, 0.3) is 0 Å². The first-order chi connectivity index (χ1) is 6.45. The minimum absolute atomic E-state index is 0.752. The molecule has 0 aliphatic rings. The largest absolute Gasteiger partial charge is 0.261 e. The highest BCUT2D eigenvalue weighted by Crippen LogP contribution is 2.01. The zero-order chi connectivity index (χ0) is 8.93. The zero-order valence-electron chi connectivity index (χ0n) is 7.14. The molecule has 2 aromatic heterocycles. The lowest BCUT2D eigenvalue weighted by molar-refractivity contribution is 1.01. The number of rotatable bonds is 2. The Morgan fingerprint density at radius 1 is 1.08 bits per heavy atom. The van der Waals surface area contributed by atoms with Crippen LogP contribution in [0.15, 0.2) is 42.7 Å². The van der Waals surface area contributed by atoms with Gasteiger partial charge in [0.15, 0.2) is 0 Å². The van der Waals surface area contributed by atoms with Gasteiger partial charge in [0.2, 0.25) is 0 Å². The molecule has 0 saturated carbocycles. The van der Waals surface area contributed by atoms with Crippen molar-refractivity contribution in [1.29, 1.82) is 0 Å². The molecular formula is C11H9N2. The van der Waals surface area contributed by atoms with Gasteiger partial charge in [-0.3, -0.25) is 9.97 Å². The highest BCUT2D eigenvalue weighted by atomic mass is 14.7. The second kappa shape index (κ2) is 3.81. The Bertz CT molecular complexity index is 319. The van der Waals surface area contributed by atoms with Gasteiger partial charge in [0.1, 0.15) is 0 Å². The SMILES string of the molecule is [c]1cccnc1Cc1ccccn1. The molecule has 0 aromatic carbocycles. The van der Waals surface area contributed by atoms with Gasteiger partial charge in [0.25, 0.3) is 0 Å². The fraction of sp³-hybridized carbons (Fsp3) is 0.0909. The summed E-state index contributed by atoms with van der Waals surface area (Å²) >= 11 is 0. The Balaban J connectivity index is 2.16. The van der Waals surface area contributed by atoms with Crippen LogP contribution in [0.1, 0.15) is 11.4 Å². The van der Waals surface area contributed by atoms with E-state index < -0.39 is 0 Å². The first-order valence-corrected chi connectivity index (χ1v) is 4.16. The summed E-state index contributed by atoms with van der Waals surface area (Å²) in [5.41, 5.74) is 1.96. The van der Waals surface area contributed by atoms with Crippen LogP contribution >= 0.6 is 0 Å². The first kappa shape index (κ1) is 7.92. The number of aromatic nitrogens is 2. The van der Waals surface area contributed by atoms with Gasteiger partial charge >= 0.3 is 0 Å². The van der Waals surface area contributed by atoms with Crippen LogP contribution in [0, 0.1) is 6.07 Å². The highest BCUT2D eigenvalue weighted by Gasteiger charge is 1.95. The third-order valence-electron chi connectivity index (χ3n) is 1.74. The third-order valence-corrected chi connectivity index (χ3v) is 1.74. The van der Waals surface area contributed by atoms with E-state index in [-0.39, 0.29) is 0 Å². The summed E-state index contributed by atoms with van der Waals surface area (Å²) in [6.45, 7) is 0. The van der Waals surface area contributed by atoms with Crippen molar-refractivity contribution in [2.45, 2.75) is 6.42 Å². The van der Waals surface area contributed by atoms with Crippen molar-refractivity contribution in [3.8, 4) is 0 Å². The molecule has 2 rings (SSSR count). The molecule has 0 spiro atoms. The van der Waals surface area contributed by atoms with E-state index in [0.29, 0.717) is 0 Å². The van der Waals surface area contributed by atoms with Crippen molar-refractivity contribution >= 4 is 0 Å². The molecule has 2 heteroatoms. The summed E-state index contributed by atoms with van der Waals surface area (Å²) in [6, 6.07) is 12.7. The molecule has 0 atom stereocenters. The van der Waals surface area contributed by atoms with Gasteiger partial charge in [-0.2, -0.15) is 0 Å². The minimum atomic E-state index is 0.752. The average Bonchev–Trinajstić information content (AvgIpc) is 2.21. The zero-order valence-corrected chi connectivity index (χ0v) is 7.14. The molecule has 2 heterocycles. The number of nitrogens with zero attached hydrogens (tertiary/aromatic N) is 2. The lowest BCUT2D eigenvalue weighted by atomic mass is 10.2. The van der Waals surface area contributed by atoms with Crippen LogP contribution in [0.3, 0.4) is 0 Å². The molecular weight excluding hydrogens is 160 g/mol. The van der Waals surface area contributed by atoms with E-state index in [1.54, 1.807) is 12.4 Å². The first-order valence-electron chi connectivity index (χ1n) is 4.16. The molecule has 0 saturated heterocycles. The van der Waals surface area contributed by atoms with Crippen molar-refractivity contribution in [3.05, 3.63) is 60.2 Å². The molecule has 0 bridgehead atoms. The summed E-state index contributed by atoms with van der Waals surface area (Å²) < 4.78 is 0. The van der Waals surface area contributed by atoms with Crippen LogP contribution in [-0.2, 0) is 6.42 Å². The van der Waals surface area contributed by atoms with E-state index in [0.717, 1.165) is 17.8 Å². The smallest absolute Gasteiger partial charge is 0.0542 e. The molecule has 13 heavy (non-hydrogen) atoms. The molecule has 2 aromatic rings. The second-order valence-corrected chi connectivity index (χ2v) is 2.73. The van der Waals surface area contributed by atoms with E-state index in [1.807, 2.05) is 30.3 Å². The second-order valence-electron chi connectivity index (χ2n) is 2.73.